The molecule has 4 nitrogen and oxygen atoms in total. The average molecular weight is 354 g/mol. The average Bonchev–Trinajstić information content (AvgIpc) is 2.59. The van der Waals surface area contributed by atoms with Gasteiger partial charge in [-0.25, -0.2) is 0 Å². The second kappa shape index (κ2) is 16.2. The third-order valence-corrected chi connectivity index (χ3v) is 4.70. The molecule has 4 heteroatoms. The van der Waals surface area contributed by atoms with Crippen molar-refractivity contribution >= 4 is 11.9 Å². The molecule has 0 rings (SSSR count). The molecule has 25 heavy (non-hydrogen) atoms. The third-order valence-electron chi connectivity index (χ3n) is 4.70. The minimum atomic E-state index is -0.840. The van der Waals surface area contributed by atoms with Crippen LogP contribution in [0.5, 0.6) is 0 Å². The summed E-state index contributed by atoms with van der Waals surface area (Å²) in [5.41, 5.74) is 0. The third kappa shape index (κ3) is 12.7. The highest BCUT2D eigenvalue weighted by atomic mass is 16.4. The van der Waals surface area contributed by atoms with Crippen molar-refractivity contribution in [1.82, 2.24) is 4.90 Å². The van der Waals surface area contributed by atoms with Crippen LogP contribution in [0, 0.1) is 5.92 Å². The van der Waals surface area contributed by atoms with E-state index in [9.17, 15) is 14.7 Å². The highest BCUT2D eigenvalue weighted by Crippen LogP contribution is 2.16. The van der Waals surface area contributed by atoms with Gasteiger partial charge in [0.1, 0.15) is 0 Å². The molecule has 0 aromatic heterocycles. The number of carboxylic acid groups (broad SMARTS) is 1. The molecule has 0 radical (unpaired) electrons. The first-order valence-corrected chi connectivity index (χ1v) is 10.2. The largest absolute Gasteiger partial charge is 0.481 e. The van der Waals surface area contributed by atoms with E-state index >= 15 is 0 Å². The summed E-state index contributed by atoms with van der Waals surface area (Å²) in [5.74, 6) is -1.42. The van der Waals surface area contributed by atoms with Crippen LogP contribution in [0.2, 0.25) is 0 Å². The number of hydrogen-bond acceptors (Lipinski definition) is 2. The number of allylic oxidation sites excluding steroid dienone is 2. The SMILES string of the molecule is CCCCCC/C=C/CCCCCC(CC(=O)N(CC)CC)C(=O)O. The van der Waals surface area contributed by atoms with Crippen LogP contribution in [0.15, 0.2) is 12.2 Å². The van der Waals surface area contributed by atoms with Crippen molar-refractivity contribution < 1.29 is 14.7 Å². The Bertz CT molecular complexity index is 375. The van der Waals surface area contributed by atoms with Crippen LogP contribution in [-0.2, 0) is 9.59 Å². The van der Waals surface area contributed by atoms with Gasteiger partial charge in [-0.1, -0.05) is 51.2 Å². The van der Waals surface area contributed by atoms with Crippen molar-refractivity contribution in [2.45, 2.75) is 91.4 Å². The first-order chi connectivity index (χ1) is 12.1. The molecule has 0 bridgehead atoms. The molecule has 0 aromatic carbocycles. The molecule has 0 saturated heterocycles. The van der Waals surface area contributed by atoms with Crippen molar-refractivity contribution in [3.63, 3.8) is 0 Å². The summed E-state index contributed by atoms with van der Waals surface area (Å²) < 4.78 is 0. The molecule has 1 N–H and O–H groups in total. The molecular formula is C21H39NO3. The molecule has 1 amide bonds. The fourth-order valence-electron chi connectivity index (χ4n) is 2.98. The maximum absolute atomic E-state index is 12.1. The number of hydrogen-bond donors (Lipinski definition) is 1. The highest BCUT2D eigenvalue weighted by Gasteiger charge is 2.22. The van der Waals surface area contributed by atoms with E-state index in [1.807, 2.05) is 13.8 Å². The predicted octanol–water partition coefficient (Wildman–Crippen LogP) is 5.42. The predicted molar refractivity (Wildman–Crippen MR) is 105 cm³/mol. The van der Waals surface area contributed by atoms with Gasteiger partial charge < -0.3 is 10.0 Å². The van der Waals surface area contributed by atoms with Gasteiger partial charge in [0.2, 0.25) is 5.91 Å². The molecule has 146 valence electrons. The number of carbonyl (C=O) groups excluding carboxylic acids is 1. The van der Waals surface area contributed by atoms with Gasteiger partial charge in [0.15, 0.2) is 0 Å². The summed E-state index contributed by atoms with van der Waals surface area (Å²) in [6, 6.07) is 0. The Hall–Kier alpha value is -1.32. The number of nitrogens with zero attached hydrogens (tertiary/aromatic N) is 1. The lowest BCUT2D eigenvalue weighted by atomic mass is 9.96. The van der Waals surface area contributed by atoms with Gasteiger partial charge in [-0.05, 0) is 46.0 Å². The highest BCUT2D eigenvalue weighted by molar-refractivity contribution is 5.82. The molecule has 0 aromatic rings. The number of carbonyl (C=O) groups is 2. The Morgan fingerprint density at radius 1 is 0.880 bits per heavy atom. The quantitative estimate of drug-likeness (QED) is 0.297. The summed E-state index contributed by atoms with van der Waals surface area (Å²) in [4.78, 5) is 25.2. The summed E-state index contributed by atoms with van der Waals surface area (Å²) in [7, 11) is 0. The summed E-state index contributed by atoms with van der Waals surface area (Å²) in [6.07, 6.45) is 15.7. The lowest BCUT2D eigenvalue weighted by molar-refractivity contribution is -0.146. The zero-order valence-corrected chi connectivity index (χ0v) is 16.6. The van der Waals surface area contributed by atoms with Crippen LogP contribution in [0.3, 0.4) is 0 Å². The minimum Gasteiger partial charge on any atom is -0.481 e. The maximum Gasteiger partial charge on any atom is 0.307 e. The van der Waals surface area contributed by atoms with Crippen molar-refractivity contribution in [2.75, 3.05) is 13.1 Å². The number of amides is 1. The van der Waals surface area contributed by atoms with Crippen molar-refractivity contribution in [1.29, 1.82) is 0 Å². The van der Waals surface area contributed by atoms with E-state index < -0.39 is 11.9 Å². The second-order valence-corrected chi connectivity index (χ2v) is 6.76. The van der Waals surface area contributed by atoms with Gasteiger partial charge >= 0.3 is 5.97 Å². The van der Waals surface area contributed by atoms with E-state index in [4.69, 9.17) is 0 Å². The molecule has 0 saturated carbocycles. The van der Waals surface area contributed by atoms with Gasteiger partial charge in [-0.3, -0.25) is 9.59 Å². The van der Waals surface area contributed by atoms with E-state index in [2.05, 4.69) is 19.1 Å². The van der Waals surface area contributed by atoms with E-state index in [0.717, 1.165) is 25.7 Å². The number of rotatable bonds is 16. The number of unbranched alkanes of at least 4 members (excludes halogenated alkanes) is 7. The lowest BCUT2D eigenvalue weighted by Crippen LogP contribution is -2.33. The van der Waals surface area contributed by atoms with Crippen molar-refractivity contribution in [3.05, 3.63) is 12.2 Å². The van der Waals surface area contributed by atoms with Crippen molar-refractivity contribution in [2.24, 2.45) is 5.92 Å². The van der Waals surface area contributed by atoms with Gasteiger partial charge in [0.25, 0.3) is 0 Å². The molecule has 0 spiro atoms. The van der Waals surface area contributed by atoms with Crippen LogP contribution in [0.25, 0.3) is 0 Å². The number of aliphatic carboxylic acids is 1. The van der Waals surface area contributed by atoms with E-state index in [-0.39, 0.29) is 12.3 Å². The molecule has 0 heterocycles. The fourth-order valence-corrected chi connectivity index (χ4v) is 2.98. The topological polar surface area (TPSA) is 57.6 Å². The van der Waals surface area contributed by atoms with E-state index in [0.29, 0.717) is 19.5 Å². The van der Waals surface area contributed by atoms with E-state index in [1.165, 1.54) is 32.1 Å². The monoisotopic (exact) mass is 353 g/mol. The van der Waals surface area contributed by atoms with Crippen LogP contribution in [0.1, 0.15) is 91.4 Å². The Morgan fingerprint density at radius 3 is 1.92 bits per heavy atom. The molecule has 0 aliphatic rings. The minimum absolute atomic E-state index is 0.0385. The molecule has 1 unspecified atom stereocenters. The van der Waals surface area contributed by atoms with E-state index in [1.54, 1.807) is 4.90 Å². The summed E-state index contributed by atoms with van der Waals surface area (Å²) in [6.45, 7) is 7.37. The number of carboxylic acids is 1. The normalized spacial score (nSPS) is 12.4. The summed E-state index contributed by atoms with van der Waals surface area (Å²) >= 11 is 0. The molecule has 0 fully saturated rings. The molecule has 0 aliphatic carbocycles. The molecular weight excluding hydrogens is 314 g/mol. The Labute approximate surface area is 154 Å². The zero-order valence-electron chi connectivity index (χ0n) is 16.6. The van der Waals surface area contributed by atoms with Crippen LogP contribution in [0.4, 0.5) is 0 Å². The Balaban J connectivity index is 3.85. The van der Waals surface area contributed by atoms with Crippen molar-refractivity contribution in [3.8, 4) is 0 Å². The summed E-state index contributed by atoms with van der Waals surface area (Å²) in [5, 5.41) is 9.33. The van der Waals surface area contributed by atoms with Crippen LogP contribution < -0.4 is 0 Å². The van der Waals surface area contributed by atoms with Gasteiger partial charge in [0, 0.05) is 19.5 Å². The fraction of sp³-hybridized carbons (Fsp3) is 0.810. The maximum atomic E-state index is 12.1. The van der Waals surface area contributed by atoms with Crippen LogP contribution >= 0.6 is 0 Å². The standard InChI is InChI=1S/C21H39NO3/c1-4-7-8-9-10-11-12-13-14-15-16-17-19(21(24)25)18-20(23)22(5-2)6-3/h11-12,19H,4-10,13-18H2,1-3H3,(H,24,25)/b12-11+. The smallest absolute Gasteiger partial charge is 0.307 e. The first kappa shape index (κ1) is 23.7. The van der Waals surface area contributed by atoms with Crippen LogP contribution in [-0.4, -0.2) is 35.0 Å². The molecule has 1 atom stereocenters. The zero-order chi connectivity index (χ0) is 18.9. The Kier molecular flexibility index (Phi) is 15.3. The Morgan fingerprint density at radius 2 is 1.44 bits per heavy atom. The lowest BCUT2D eigenvalue weighted by Gasteiger charge is -2.21. The first-order valence-electron chi connectivity index (χ1n) is 10.2. The van der Waals surface area contributed by atoms with Gasteiger partial charge in [-0.2, -0.15) is 0 Å². The second-order valence-electron chi connectivity index (χ2n) is 6.76. The van der Waals surface area contributed by atoms with Gasteiger partial charge in [0.05, 0.1) is 5.92 Å². The van der Waals surface area contributed by atoms with Gasteiger partial charge in [-0.15, -0.1) is 0 Å². The molecule has 0 aliphatic heterocycles.